The number of halogens is 1. The third-order valence-corrected chi connectivity index (χ3v) is 7.65. The van der Waals surface area contributed by atoms with Crippen molar-refractivity contribution in [3.63, 3.8) is 0 Å². The first-order valence-electron chi connectivity index (χ1n) is 11.9. The lowest BCUT2D eigenvalue weighted by Crippen LogP contribution is -2.45. The van der Waals surface area contributed by atoms with Gasteiger partial charge in [0.05, 0.1) is 18.0 Å². The topological polar surface area (TPSA) is 39.2 Å². The van der Waals surface area contributed by atoms with Gasteiger partial charge in [0.2, 0.25) is 5.70 Å². The lowest BCUT2D eigenvalue weighted by Gasteiger charge is -2.44. The number of imidazole rings is 1. The zero-order valence-corrected chi connectivity index (χ0v) is 20.0. The molecule has 0 aliphatic heterocycles. The summed E-state index contributed by atoms with van der Waals surface area (Å²) >= 11 is 0. The molecule has 34 heavy (non-hydrogen) atoms. The van der Waals surface area contributed by atoms with E-state index in [0.717, 1.165) is 41.3 Å². The van der Waals surface area contributed by atoms with Crippen LogP contribution in [0.2, 0.25) is 0 Å². The number of Topliss-reactive ketones (excluding diaryl/α,β-unsaturated/α-hetero) is 1. The van der Waals surface area contributed by atoms with E-state index in [9.17, 15) is 9.18 Å². The third-order valence-electron chi connectivity index (χ3n) is 7.65. The van der Waals surface area contributed by atoms with Gasteiger partial charge in [-0.1, -0.05) is 58.0 Å². The number of allylic oxidation sites excluding steroid dienone is 2. The van der Waals surface area contributed by atoms with Crippen LogP contribution in [0.15, 0.2) is 60.3 Å². The molecule has 3 atom stereocenters. The van der Waals surface area contributed by atoms with E-state index in [1.807, 2.05) is 31.2 Å². The molecule has 0 saturated heterocycles. The highest BCUT2D eigenvalue weighted by atomic mass is 19.1. The number of nitrogens with zero attached hydrogens (tertiary/aromatic N) is 3. The van der Waals surface area contributed by atoms with Gasteiger partial charge < -0.3 is 4.79 Å². The van der Waals surface area contributed by atoms with Gasteiger partial charge in [0.25, 0.3) is 0 Å². The van der Waals surface area contributed by atoms with Gasteiger partial charge >= 0.3 is 0 Å². The predicted molar refractivity (Wildman–Crippen MR) is 131 cm³/mol. The molecule has 2 aliphatic rings. The van der Waals surface area contributed by atoms with Crippen LogP contribution in [-0.4, -0.2) is 15.3 Å². The zero-order chi connectivity index (χ0) is 24.2. The van der Waals surface area contributed by atoms with Crippen molar-refractivity contribution in [3.8, 4) is 17.1 Å². The molecular formula is C29H28FN3O. The SMILES string of the molecule is [C-]#[N+]C1=C[C@@]2(C)c3nc(-c4cccc(C(C)C)c4)n(-c4cccc(F)c4)c3CC[C@@H]2[C@@H](C)C1=O. The molecule has 5 heteroatoms. The number of hydrogen-bond donors (Lipinski definition) is 0. The molecule has 0 unspecified atom stereocenters. The Balaban J connectivity index is 1.80. The van der Waals surface area contributed by atoms with Gasteiger partial charge in [-0.2, -0.15) is 0 Å². The van der Waals surface area contributed by atoms with Crippen LogP contribution in [0.1, 0.15) is 57.0 Å². The predicted octanol–water partition coefficient (Wildman–Crippen LogP) is 6.64. The minimum atomic E-state index is -0.538. The van der Waals surface area contributed by atoms with E-state index in [-0.39, 0.29) is 29.1 Å². The fourth-order valence-electron chi connectivity index (χ4n) is 5.81. The van der Waals surface area contributed by atoms with Crippen LogP contribution in [0.4, 0.5) is 4.39 Å². The van der Waals surface area contributed by atoms with Crippen LogP contribution in [0.3, 0.4) is 0 Å². The number of ketones is 1. The zero-order valence-electron chi connectivity index (χ0n) is 20.0. The minimum Gasteiger partial charge on any atom is -0.308 e. The normalized spacial score (nSPS) is 23.8. The van der Waals surface area contributed by atoms with Gasteiger partial charge in [-0.05, 0) is 54.5 Å². The molecule has 1 heterocycles. The Kier molecular flexibility index (Phi) is 5.28. The molecule has 3 aromatic rings. The van der Waals surface area contributed by atoms with Crippen molar-refractivity contribution in [2.24, 2.45) is 11.8 Å². The second-order valence-corrected chi connectivity index (χ2v) is 10.0. The highest BCUT2D eigenvalue weighted by Crippen LogP contribution is 2.51. The molecule has 4 nitrogen and oxygen atoms in total. The maximum atomic E-state index is 14.3. The molecule has 0 spiro atoms. The Labute approximate surface area is 200 Å². The van der Waals surface area contributed by atoms with E-state index < -0.39 is 5.41 Å². The van der Waals surface area contributed by atoms with E-state index in [1.54, 1.807) is 12.1 Å². The van der Waals surface area contributed by atoms with Crippen molar-refractivity contribution < 1.29 is 9.18 Å². The fraction of sp³-hybridized carbons (Fsp3) is 0.345. The van der Waals surface area contributed by atoms with E-state index in [2.05, 4.69) is 42.3 Å². The van der Waals surface area contributed by atoms with Gasteiger partial charge in [-0.15, -0.1) is 0 Å². The van der Waals surface area contributed by atoms with Crippen molar-refractivity contribution in [2.75, 3.05) is 0 Å². The first-order valence-corrected chi connectivity index (χ1v) is 11.9. The van der Waals surface area contributed by atoms with Crippen molar-refractivity contribution in [3.05, 3.63) is 94.5 Å². The summed E-state index contributed by atoms with van der Waals surface area (Å²) in [6.07, 6.45) is 3.38. The lowest BCUT2D eigenvalue weighted by atomic mass is 9.59. The van der Waals surface area contributed by atoms with Crippen LogP contribution in [0, 0.1) is 24.2 Å². The third kappa shape index (κ3) is 3.32. The van der Waals surface area contributed by atoms with Crippen LogP contribution < -0.4 is 0 Å². The molecule has 0 bridgehead atoms. The molecular weight excluding hydrogens is 425 g/mol. The molecule has 0 N–H and O–H groups in total. The second kappa shape index (κ2) is 8.06. The largest absolute Gasteiger partial charge is 0.308 e. The fourth-order valence-corrected chi connectivity index (χ4v) is 5.81. The van der Waals surface area contributed by atoms with E-state index in [0.29, 0.717) is 5.92 Å². The molecule has 5 rings (SSSR count). The van der Waals surface area contributed by atoms with E-state index in [4.69, 9.17) is 11.6 Å². The Hall–Kier alpha value is -3.52. The van der Waals surface area contributed by atoms with Gasteiger partial charge in [0.1, 0.15) is 11.6 Å². The Morgan fingerprint density at radius 1 is 1.21 bits per heavy atom. The first-order chi connectivity index (χ1) is 16.2. The summed E-state index contributed by atoms with van der Waals surface area (Å²) in [7, 11) is 0. The van der Waals surface area contributed by atoms with Gasteiger partial charge in [0, 0.05) is 22.6 Å². The minimum absolute atomic E-state index is 0.0729. The van der Waals surface area contributed by atoms with Crippen molar-refractivity contribution >= 4 is 5.78 Å². The summed E-state index contributed by atoms with van der Waals surface area (Å²) in [5.41, 5.74) is 4.48. The summed E-state index contributed by atoms with van der Waals surface area (Å²) in [6, 6.07) is 15.0. The van der Waals surface area contributed by atoms with Crippen molar-refractivity contribution in [1.29, 1.82) is 0 Å². The molecule has 0 fully saturated rings. The van der Waals surface area contributed by atoms with Crippen LogP contribution in [0.25, 0.3) is 21.9 Å². The Morgan fingerprint density at radius 3 is 2.68 bits per heavy atom. The molecule has 0 saturated carbocycles. The van der Waals surface area contributed by atoms with Gasteiger partial charge in [-0.3, -0.25) is 4.57 Å². The Bertz CT molecular complexity index is 1380. The van der Waals surface area contributed by atoms with E-state index in [1.165, 1.54) is 11.6 Å². The number of rotatable bonds is 3. The number of benzene rings is 2. The lowest BCUT2D eigenvalue weighted by molar-refractivity contribution is -0.121. The summed E-state index contributed by atoms with van der Waals surface area (Å²) in [5, 5.41) is 0. The van der Waals surface area contributed by atoms with Crippen LogP contribution >= 0.6 is 0 Å². The summed E-state index contributed by atoms with van der Waals surface area (Å²) in [4.78, 5) is 21.5. The average molecular weight is 454 g/mol. The maximum Gasteiger partial charge on any atom is 0.226 e. The first kappa shape index (κ1) is 22.3. The van der Waals surface area contributed by atoms with Crippen LogP contribution in [0.5, 0.6) is 0 Å². The monoisotopic (exact) mass is 453 g/mol. The Morgan fingerprint density at radius 2 is 1.97 bits per heavy atom. The van der Waals surface area contributed by atoms with Crippen molar-refractivity contribution in [2.45, 2.75) is 51.9 Å². The number of hydrogen-bond acceptors (Lipinski definition) is 2. The highest BCUT2D eigenvalue weighted by molar-refractivity contribution is 6.00. The smallest absolute Gasteiger partial charge is 0.226 e. The van der Waals surface area contributed by atoms with Gasteiger partial charge in [-0.25, -0.2) is 14.2 Å². The summed E-state index contributed by atoms with van der Waals surface area (Å²) in [5.74, 6) is 0.595. The summed E-state index contributed by atoms with van der Waals surface area (Å²) in [6.45, 7) is 15.9. The molecule has 1 aromatic heterocycles. The second-order valence-electron chi connectivity index (χ2n) is 10.0. The number of carbonyl (C=O) groups is 1. The molecule has 0 amide bonds. The van der Waals surface area contributed by atoms with Gasteiger partial charge in [0.15, 0.2) is 5.78 Å². The number of carbonyl (C=O) groups excluding carboxylic acids is 1. The van der Waals surface area contributed by atoms with Crippen LogP contribution in [-0.2, 0) is 16.6 Å². The standard InChI is InChI=1S/C29H28FN3O/c1-17(2)19-8-6-9-20(14-19)28-32-27-25(33(28)22-11-7-10-21(30)15-22)13-12-23-18(3)26(34)24(31-5)16-29(23,27)4/h6-11,14-18,23H,12-13H2,1-4H3/t18-,23-,29-/m1/s1. The number of aromatic nitrogens is 2. The molecule has 2 aliphatic carbocycles. The van der Waals surface area contributed by atoms with Crippen molar-refractivity contribution in [1.82, 2.24) is 9.55 Å². The molecule has 172 valence electrons. The van der Waals surface area contributed by atoms with E-state index >= 15 is 0 Å². The average Bonchev–Trinajstić information content (AvgIpc) is 3.22. The molecule has 2 aromatic carbocycles. The maximum absolute atomic E-state index is 14.3. The highest BCUT2D eigenvalue weighted by Gasteiger charge is 2.50. The molecule has 0 radical (unpaired) electrons. The quantitative estimate of drug-likeness (QED) is 0.417. The summed E-state index contributed by atoms with van der Waals surface area (Å²) < 4.78 is 16.4. The number of fused-ring (bicyclic) bond motifs is 3.